The highest BCUT2D eigenvalue weighted by molar-refractivity contribution is 5.32. The molecule has 3 heteroatoms. The Morgan fingerprint density at radius 2 is 1.65 bits per heavy atom. The Morgan fingerprint density at radius 3 is 2.29 bits per heavy atom. The predicted molar refractivity (Wildman–Crippen MR) is 63.7 cm³/mol. The van der Waals surface area contributed by atoms with Crippen LogP contribution in [0.15, 0.2) is 48.5 Å². The molecule has 0 aliphatic rings. The average Bonchev–Trinajstić information content (AvgIpc) is 2.37. The van der Waals surface area contributed by atoms with Gasteiger partial charge >= 0.3 is 0 Å². The fourth-order valence-corrected chi connectivity index (χ4v) is 1.89. The number of hydrogen-bond donors (Lipinski definition) is 1. The largest absolute Gasteiger partial charge is 0.309 e. The lowest BCUT2D eigenvalue weighted by Gasteiger charge is -2.17. The Bertz CT molecular complexity index is 497. The number of benzene rings is 2. The van der Waals surface area contributed by atoms with Gasteiger partial charge in [0.05, 0.1) is 6.04 Å². The summed E-state index contributed by atoms with van der Waals surface area (Å²) < 4.78 is 26.9. The van der Waals surface area contributed by atoms with Crippen molar-refractivity contribution in [2.45, 2.75) is 6.04 Å². The van der Waals surface area contributed by atoms with E-state index in [1.807, 2.05) is 30.3 Å². The molecular weight excluding hydrogens is 220 g/mol. The van der Waals surface area contributed by atoms with E-state index >= 15 is 0 Å². The van der Waals surface area contributed by atoms with Crippen molar-refractivity contribution < 1.29 is 8.78 Å². The van der Waals surface area contributed by atoms with E-state index in [-0.39, 0.29) is 6.04 Å². The van der Waals surface area contributed by atoms with Crippen LogP contribution in [-0.2, 0) is 0 Å². The summed E-state index contributed by atoms with van der Waals surface area (Å²) in [5.74, 6) is -1.62. The molecule has 0 amide bonds. The van der Waals surface area contributed by atoms with Crippen molar-refractivity contribution in [2.24, 2.45) is 0 Å². The van der Waals surface area contributed by atoms with Crippen LogP contribution in [0.3, 0.4) is 0 Å². The first-order valence-electron chi connectivity index (χ1n) is 5.40. The fourth-order valence-electron chi connectivity index (χ4n) is 1.89. The normalized spacial score (nSPS) is 12.4. The quantitative estimate of drug-likeness (QED) is 0.857. The van der Waals surface area contributed by atoms with Crippen LogP contribution >= 0.6 is 0 Å². The number of nitrogens with one attached hydrogen (secondary N) is 1. The van der Waals surface area contributed by atoms with Gasteiger partial charge in [-0.05, 0) is 18.7 Å². The number of rotatable bonds is 3. The Kier molecular flexibility index (Phi) is 3.49. The summed E-state index contributed by atoms with van der Waals surface area (Å²) in [6.07, 6.45) is 0. The molecule has 0 spiro atoms. The van der Waals surface area contributed by atoms with Crippen LogP contribution in [0.4, 0.5) is 8.78 Å². The first-order chi connectivity index (χ1) is 8.24. The zero-order valence-corrected chi connectivity index (χ0v) is 9.45. The molecule has 2 aromatic rings. The van der Waals surface area contributed by atoms with Gasteiger partial charge in [0.2, 0.25) is 0 Å². The SMILES string of the molecule is CNC(c1ccccc1)c1cccc(F)c1F. The third kappa shape index (κ3) is 2.34. The zero-order valence-electron chi connectivity index (χ0n) is 9.45. The standard InChI is InChI=1S/C14H13F2N/c1-17-14(10-6-3-2-4-7-10)11-8-5-9-12(15)13(11)16/h2-9,14,17H,1H3. The molecule has 0 heterocycles. The summed E-state index contributed by atoms with van der Waals surface area (Å²) in [5.41, 5.74) is 1.22. The van der Waals surface area contributed by atoms with Gasteiger partial charge in [-0.1, -0.05) is 42.5 Å². The molecule has 0 fully saturated rings. The van der Waals surface area contributed by atoms with Crippen LogP contribution in [-0.4, -0.2) is 7.05 Å². The maximum absolute atomic E-state index is 13.7. The molecule has 0 saturated carbocycles. The Balaban J connectivity index is 2.46. The Hall–Kier alpha value is -1.74. The van der Waals surface area contributed by atoms with Crippen LogP contribution in [0.2, 0.25) is 0 Å². The third-order valence-electron chi connectivity index (χ3n) is 2.71. The molecule has 0 aliphatic heterocycles. The third-order valence-corrected chi connectivity index (χ3v) is 2.71. The van der Waals surface area contributed by atoms with Crippen molar-refractivity contribution in [3.8, 4) is 0 Å². The molecule has 17 heavy (non-hydrogen) atoms. The topological polar surface area (TPSA) is 12.0 Å². The van der Waals surface area contributed by atoms with Gasteiger partial charge in [0, 0.05) is 5.56 Å². The van der Waals surface area contributed by atoms with Gasteiger partial charge in [0.25, 0.3) is 0 Å². The molecule has 2 aromatic carbocycles. The van der Waals surface area contributed by atoms with Gasteiger partial charge in [-0.3, -0.25) is 0 Å². The van der Waals surface area contributed by atoms with E-state index in [0.29, 0.717) is 5.56 Å². The molecule has 0 aliphatic carbocycles. The lowest BCUT2D eigenvalue weighted by atomic mass is 9.98. The summed E-state index contributed by atoms with van der Waals surface area (Å²) >= 11 is 0. The average molecular weight is 233 g/mol. The van der Waals surface area contributed by atoms with E-state index in [1.54, 1.807) is 13.1 Å². The summed E-state index contributed by atoms with van der Waals surface area (Å²) in [7, 11) is 1.72. The van der Waals surface area contributed by atoms with Gasteiger partial charge < -0.3 is 5.32 Å². The second-order valence-corrected chi connectivity index (χ2v) is 3.78. The first-order valence-corrected chi connectivity index (χ1v) is 5.40. The lowest BCUT2D eigenvalue weighted by Crippen LogP contribution is -2.19. The van der Waals surface area contributed by atoms with Crippen LogP contribution in [0.25, 0.3) is 0 Å². The first kappa shape index (κ1) is 11.7. The molecule has 88 valence electrons. The second-order valence-electron chi connectivity index (χ2n) is 3.78. The Morgan fingerprint density at radius 1 is 0.941 bits per heavy atom. The fraction of sp³-hybridized carbons (Fsp3) is 0.143. The van der Waals surface area contributed by atoms with E-state index in [1.165, 1.54) is 6.07 Å². The molecule has 1 N–H and O–H groups in total. The van der Waals surface area contributed by atoms with Crippen molar-refractivity contribution in [3.05, 3.63) is 71.3 Å². The summed E-state index contributed by atoms with van der Waals surface area (Å²) in [6.45, 7) is 0. The number of hydrogen-bond acceptors (Lipinski definition) is 1. The zero-order chi connectivity index (χ0) is 12.3. The van der Waals surface area contributed by atoms with Gasteiger partial charge in [0.15, 0.2) is 11.6 Å². The molecule has 1 nitrogen and oxygen atoms in total. The van der Waals surface area contributed by atoms with Crippen molar-refractivity contribution in [1.82, 2.24) is 5.32 Å². The highest BCUT2D eigenvalue weighted by Crippen LogP contribution is 2.25. The predicted octanol–water partition coefficient (Wildman–Crippen LogP) is 3.27. The number of halogens is 2. The highest BCUT2D eigenvalue weighted by Gasteiger charge is 2.17. The minimum atomic E-state index is -0.821. The van der Waals surface area contributed by atoms with Crippen molar-refractivity contribution in [1.29, 1.82) is 0 Å². The monoisotopic (exact) mass is 233 g/mol. The van der Waals surface area contributed by atoms with Gasteiger partial charge in [-0.2, -0.15) is 0 Å². The minimum absolute atomic E-state index is 0.318. The van der Waals surface area contributed by atoms with E-state index in [0.717, 1.165) is 11.6 Å². The molecule has 1 atom stereocenters. The highest BCUT2D eigenvalue weighted by atomic mass is 19.2. The summed E-state index contributed by atoms with van der Waals surface area (Å²) in [4.78, 5) is 0. The van der Waals surface area contributed by atoms with Gasteiger partial charge in [-0.15, -0.1) is 0 Å². The van der Waals surface area contributed by atoms with E-state index in [9.17, 15) is 8.78 Å². The van der Waals surface area contributed by atoms with Gasteiger partial charge in [0.1, 0.15) is 0 Å². The summed E-state index contributed by atoms with van der Waals surface area (Å²) in [6, 6.07) is 13.3. The molecule has 0 bridgehead atoms. The van der Waals surface area contributed by atoms with Crippen molar-refractivity contribution in [2.75, 3.05) is 7.05 Å². The van der Waals surface area contributed by atoms with Crippen LogP contribution in [0.5, 0.6) is 0 Å². The van der Waals surface area contributed by atoms with Crippen molar-refractivity contribution in [3.63, 3.8) is 0 Å². The smallest absolute Gasteiger partial charge is 0.163 e. The molecular formula is C14H13F2N. The lowest BCUT2D eigenvalue weighted by molar-refractivity contribution is 0.487. The van der Waals surface area contributed by atoms with Crippen LogP contribution in [0, 0.1) is 11.6 Å². The van der Waals surface area contributed by atoms with Crippen LogP contribution < -0.4 is 5.32 Å². The molecule has 1 unspecified atom stereocenters. The maximum Gasteiger partial charge on any atom is 0.163 e. The van der Waals surface area contributed by atoms with Crippen LogP contribution in [0.1, 0.15) is 17.2 Å². The van der Waals surface area contributed by atoms with E-state index in [4.69, 9.17) is 0 Å². The molecule has 0 saturated heterocycles. The minimum Gasteiger partial charge on any atom is -0.309 e. The second kappa shape index (κ2) is 5.06. The molecule has 2 rings (SSSR count). The van der Waals surface area contributed by atoms with Gasteiger partial charge in [-0.25, -0.2) is 8.78 Å². The molecule has 0 radical (unpaired) electrons. The maximum atomic E-state index is 13.7. The van der Waals surface area contributed by atoms with E-state index < -0.39 is 11.6 Å². The summed E-state index contributed by atoms with van der Waals surface area (Å²) in [5, 5.41) is 3.00. The molecule has 0 aromatic heterocycles. The van der Waals surface area contributed by atoms with Crippen molar-refractivity contribution >= 4 is 0 Å². The van der Waals surface area contributed by atoms with E-state index in [2.05, 4.69) is 5.32 Å². The Labute approximate surface area is 99.1 Å².